The number of ether oxygens (including phenoxy) is 3. The summed E-state index contributed by atoms with van der Waals surface area (Å²) >= 11 is 0. The summed E-state index contributed by atoms with van der Waals surface area (Å²) in [5, 5.41) is 0. The van der Waals surface area contributed by atoms with E-state index in [0.29, 0.717) is 19.7 Å². The molecule has 2 rings (SSSR count). The highest BCUT2D eigenvalue weighted by atomic mass is 16.6. The van der Waals surface area contributed by atoms with Gasteiger partial charge >= 0.3 is 6.09 Å². The van der Waals surface area contributed by atoms with E-state index in [9.17, 15) is 4.79 Å². The van der Waals surface area contributed by atoms with Crippen molar-refractivity contribution in [1.29, 1.82) is 0 Å². The molecule has 2 unspecified atom stereocenters. The van der Waals surface area contributed by atoms with Crippen molar-refractivity contribution in [2.24, 2.45) is 0 Å². The number of amides is 1. The maximum atomic E-state index is 12.4. The molecule has 2 fully saturated rings. The fraction of sp³-hybridized carbons (Fsp3) is 0.938. The van der Waals surface area contributed by atoms with Crippen LogP contribution in [0, 0.1) is 0 Å². The van der Waals surface area contributed by atoms with Crippen LogP contribution in [0.25, 0.3) is 0 Å². The van der Waals surface area contributed by atoms with E-state index in [1.165, 1.54) is 0 Å². The van der Waals surface area contributed by atoms with Crippen LogP contribution >= 0.6 is 0 Å². The first-order chi connectivity index (χ1) is 11.2. The molecule has 24 heavy (non-hydrogen) atoms. The van der Waals surface area contributed by atoms with E-state index >= 15 is 0 Å². The van der Waals surface area contributed by atoms with E-state index in [-0.39, 0.29) is 35.8 Å². The zero-order valence-electron chi connectivity index (χ0n) is 16.1. The predicted octanol–water partition coefficient (Wildman–Crippen LogP) is -0.348. The number of nitrogens with zero attached hydrogens (tertiary/aromatic N) is 2. The molecule has 2 saturated heterocycles. The molecule has 0 radical (unpaired) electrons. The van der Waals surface area contributed by atoms with E-state index < -0.39 is 0 Å². The summed E-state index contributed by atoms with van der Waals surface area (Å²) in [4.78, 5) is 16.5. The van der Waals surface area contributed by atoms with Crippen LogP contribution in [-0.2, 0) is 14.2 Å². The van der Waals surface area contributed by atoms with Crippen LogP contribution in [0.4, 0.5) is 4.79 Å². The molecule has 0 aromatic rings. The van der Waals surface area contributed by atoms with E-state index in [4.69, 9.17) is 14.2 Å². The average Bonchev–Trinajstić information content (AvgIpc) is 2.50. The van der Waals surface area contributed by atoms with E-state index in [1.54, 1.807) is 4.90 Å². The van der Waals surface area contributed by atoms with Gasteiger partial charge in [-0.1, -0.05) is 6.92 Å². The van der Waals surface area contributed by atoms with Gasteiger partial charge in [0.1, 0.15) is 28.4 Å². The first kappa shape index (κ1) is 19.6. The lowest BCUT2D eigenvalue weighted by Crippen LogP contribution is -2.56. The Balaban J connectivity index is 1.84. The predicted molar refractivity (Wildman–Crippen MR) is 98.9 cm³/mol. The number of hydrogen-bond donors (Lipinski definition) is 0. The molecule has 0 spiro atoms. The summed E-state index contributed by atoms with van der Waals surface area (Å²) in [6, 6.07) is 0.202. The number of carbonyl (C=O) groups excluding carboxylic acids is 1. The molecule has 0 aromatic carbocycles. The van der Waals surface area contributed by atoms with Crippen molar-refractivity contribution >= 4 is 21.8 Å². The van der Waals surface area contributed by atoms with Crippen LogP contribution in [0.2, 0.25) is 0 Å². The van der Waals surface area contributed by atoms with Crippen molar-refractivity contribution in [3.05, 3.63) is 0 Å². The minimum Gasteiger partial charge on any atom is -0.447 e. The smallest absolute Gasteiger partial charge is 0.410 e. The largest absolute Gasteiger partial charge is 0.447 e. The van der Waals surface area contributed by atoms with Gasteiger partial charge in [-0.2, -0.15) is 0 Å². The molecule has 0 aliphatic carbocycles. The molecular weight excluding hydrogens is 306 g/mol. The minimum atomic E-state index is -0.257. The van der Waals surface area contributed by atoms with Crippen LogP contribution in [0.3, 0.4) is 0 Å². The van der Waals surface area contributed by atoms with Crippen molar-refractivity contribution in [3.63, 3.8) is 0 Å². The molecule has 0 saturated carbocycles. The average molecular weight is 338 g/mol. The molecule has 0 aromatic heterocycles. The Morgan fingerprint density at radius 2 is 1.71 bits per heavy atom. The first-order valence-corrected chi connectivity index (χ1v) is 9.16. The fourth-order valence-corrected chi connectivity index (χ4v) is 3.36. The summed E-state index contributed by atoms with van der Waals surface area (Å²) in [6.07, 6.45) is 0.673. The van der Waals surface area contributed by atoms with Gasteiger partial charge in [0.05, 0.1) is 12.6 Å². The second-order valence-corrected chi connectivity index (χ2v) is 8.10. The highest BCUT2D eigenvalue weighted by Gasteiger charge is 2.33. The molecule has 136 valence electrons. The van der Waals surface area contributed by atoms with Gasteiger partial charge in [-0.3, -0.25) is 4.90 Å². The van der Waals surface area contributed by atoms with Crippen LogP contribution < -0.4 is 0 Å². The molecule has 4 atom stereocenters. The van der Waals surface area contributed by atoms with Crippen LogP contribution in [0.5, 0.6) is 0 Å². The quantitative estimate of drug-likeness (QED) is 0.659. The molecule has 8 heteroatoms. The van der Waals surface area contributed by atoms with Gasteiger partial charge in [-0.05, 0) is 27.2 Å². The minimum absolute atomic E-state index is 0.0542. The Hall–Kier alpha value is -0.720. The standard InChI is InChI=1S/C16H32B2N2O4/c1-5-11-6-19(8-13(17)23-11)15(21)22-10-12-7-20(16(2,3)4)9-14(18)24-12/h11-14H,5-10,17-18H2,1-4H3/t11?,12?,13-,14-/m1/s1. The maximum absolute atomic E-state index is 12.4. The lowest BCUT2D eigenvalue weighted by atomic mass is 9.94. The Kier molecular flexibility index (Phi) is 6.62. The van der Waals surface area contributed by atoms with Gasteiger partial charge in [-0.15, -0.1) is 0 Å². The van der Waals surface area contributed by atoms with Gasteiger partial charge in [-0.25, -0.2) is 4.79 Å². The second-order valence-electron chi connectivity index (χ2n) is 8.10. The molecular formula is C16H32B2N2O4. The molecule has 0 bridgehead atoms. The van der Waals surface area contributed by atoms with Crippen LogP contribution in [0.1, 0.15) is 34.1 Å². The highest BCUT2D eigenvalue weighted by Crippen LogP contribution is 2.20. The Labute approximate surface area is 148 Å². The highest BCUT2D eigenvalue weighted by molar-refractivity contribution is 6.11. The van der Waals surface area contributed by atoms with Crippen molar-refractivity contribution in [1.82, 2.24) is 9.80 Å². The van der Waals surface area contributed by atoms with E-state index in [0.717, 1.165) is 19.5 Å². The van der Waals surface area contributed by atoms with E-state index in [2.05, 4.69) is 40.4 Å². The van der Waals surface area contributed by atoms with Gasteiger partial charge in [0.2, 0.25) is 0 Å². The topological polar surface area (TPSA) is 51.2 Å². The van der Waals surface area contributed by atoms with Gasteiger partial charge in [0.25, 0.3) is 0 Å². The molecule has 2 aliphatic rings. The number of rotatable bonds is 3. The first-order valence-electron chi connectivity index (χ1n) is 9.16. The summed E-state index contributed by atoms with van der Waals surface area (Å²) in [5.74, 6) is 0. The Morgan fingerprint density at radius 1 is 1.08 bits per heavy atom. The third kappa shape index (κ3) is 5.39. The van der Waals surface area contributed by atoms with Crippen LogP contribution in [-0.4, -0.2) is 94.1 Å². The van der Waals surface area contributed by atoms with Crippen molar-refractivity contribution in [2.75, 3.05) is 32.8 Å². The fourth-order valence-electron chi connectivity index (χ4n) is 3.36. The number of morpholine rings is 2. The normalized spacial score (nSPS) is 32.6. The monoisotopic (exact) mass is 338 g/mol. The zero-order valence-corrected chi connectivity index (χ0v) is 16.1. The zero-order chi connectivity index (χ0) is 17.9. The Bertz CT molecular complexity index is 433. The summed E-state index contributed by atoms with van der Waals surface area (Å²) in [6.45, 7) is 11.9. The third-order valence-electron chi connectivity index (χ3n) is 4.71. The molecule has 2 heterocycles. The lowest BCUT2D eigenvalue weighted by Gasteiger charge is -2.44. The maximum Gasteiger partial charge on any atom is 0.410 e. The molecule has 6 nitrogen and oxygen atoms in total. The second kappa shape index (κ2) is 8.11. The number of hydrogen-bond acceptors (Lipinski definition) is 5. The molecule has 0 N–H and O–H groups in total. The van der Waals surface area contributed by atoms with Crippen molar-refractivity contribution in [2.45, 2.75) is 63.9 Å². The summed E-state index contributed by atoms with van der Waals surface area (Å²) in [5.41, 5.74) is 0.0916. The molecule has 1 amide bonds. The SMILES string of the molecule is B[C@H]1CN(C(=O)OCC2CN(C(C)(C)C)C[C@H](B)O2)CC(CC)O1. The summed E-state index contributed by atoms with van der Waals surface area (Å²) < 4.78 is 17.3. The van der Waals surface area contributed by atoms with E-state index in [1.807, 2.05) is 7.85 Å². The summed E-state index contributed by atoms with van der Waals surface area (Å²) in [7, 11) is 4.07. The van der Waals surface area contributed by atoms with Crippen LogP contribution in [0.15, 0.2) is 0 Å². The van der Waals surface area contributed by atoms with Crippen molar-refractivity contribution < 1.29 is 19.0 Å². The Morgan fingerprint density at radius 3 is 2.33 bits per heavy atom. The lowest BCUT2D eigenvalue weighted by molar-refractivity contribution is -0.100. The van der Waals surface area contributed by atoms with Gasteiger partial charge in [0.15, 0.2) is 0 Å². The number of carbonyl (C=O) groups is 1. The van der Waals surface area contributed by atoms with Gasteiger partial charge in [0, 0.05) is 37.2 Å². The molecule has 2 aliphatic heterocycles. The van der Waals surface area contributed by atoms with Gasteiger partial charge < -0.3 is 19.1 Å². The van der Waals surface area contributed by atoms with Crippen molar-refractivity contribution in [3.8, 4) is 0 Å². The third-order valence-corrected chi connectivity index (χ3v) is 4.71.